The maximum Gasteiger partial charge on any atom is 0.0921 e. The second-order valence-electron chi connectivity index (χ2n) is 10.7. The molecule has 4 nitrogen and oxygen atoms in total. The van der Waals surface area contributed by atoms with Crippen molar-refractivity contribution >= 4 is 56.8 Å². The second kappa shape index (κ2) is 13.6. The maximum absolute atomic E-state index is 5.25. The van der Waals surface area contributed by atoms with E-state index < -0.39 is 0 Å². The topological polar surface area (TPSA) is 49.4 Å². The smallest absolute Gasteiger partial charge is 0.0921 e. The molecule has 0 saturated heterocycles. The molecule has 0 fully saturated rings. The molecule has 0 radical (unpaired) electrons. The van der Waals surface area contributed by atoms with Gasteiger partial charge in [0.2, 0.25) is 0 Å². The molecule has 0 saturated carbocycles. The summed E-state index contributed by atoms with van der Waals surface area (Å²) in [5.74, 6) is 0. The molecule has 6 heteroatoms. The zero-order valence-electron chi connectivity index (χ0n) is 25.5. The molecule has 4 heterocycles. The first-order chi connectivity index (χ1) is 17.6. The highest BCUT2D eigenvalue weighted by Crippen LogP contribution is 2.35. The van der Waals surface area contributed by atoms with Crippen molar-refractivity contribution in [2.75, 3.05) is 0 Å². The van der Waals surface area contributed by atoms with Crippen LogP contribution in [0.15, 0.2) is 88.1 Å². The van der Waals surface area contributed by atoms with Crippen LogP contribution in [0, 0.1) is 0 Å². The van der Waals surface area contributed by atoms with Crippen molar-refractivity contribution in [3.63, 3.8) is 0 Å². The summed E-state index contributed by atoms with van der Waals surface area (Å²) in [5.41, 5.74) is 17.7. The van der Waals surface area contributed by atoms with E-state index in [0.717, 1.165) is 54.9 Å². The van der Waals surface area contributed by atoms with Crippen LogP contribution < -0.4 is 0 Å². The van der Waals surface area contributed by atoms with Gasteiger partial charge >= 0.3 is 0 Å². The predicted molar refractivity (Wildman–Crippen MR) is 182 cm³/mol. The first-order valence-corrected chi connectivity index (χ1v) is 14.1. The number of rotatable bonds is 8. The fourth-order valence-corrected chi connectivity index (χ4v) is 6.43. The number of hydrogen-bond donors (Lipinski definition) is 0. The third-order valence-electron chi connectivity index (χ3n) is 8.63. The molecule has 0 aromatic carbocycles. The van der Waals surface area contributed by atoms with Crippen LogP contribution in [0.25, 0.3) is 0 Å². The molecule has 0 N–H and O–H groups in total. The van der Waals surface area contributed by atoms with Gasteiger partial charge in [-0.1, -0.05) is 27.7 Å². The monoisotopic (exact) mass is 656 g/mol. The summed E-state index contributed by atoms with van der Waals surface area (Å²) < 4.78 is 0. The lowest BCUT2D eigenvalue weighted by atomic mass is 9.93. The molecule has 4 rings (SSSR count). The average Bonchev–Trinajstić information content (AvgIpc) is 3.51. The zero-order valence-corrected chi connectivity index (χ0v) is 28.9. The summed E-state index contributed by atoms with van der Waals surface area (Å²) in [6, 6.07) is 0.127. The van der Waals surface area contributed by atoms with E-state index in [4.69, 9.17) is 20.0 Å². The summed E-state index contributed by atoms with van der Waals surface area (Å²) in [5, 5.41) is 0. The lowest BCUT2D eigenvalue weighted by molar-refractivity contribution is 0.947. The van der Waals surface area contributed by atoms with E-state index >= 15 is 0 Å². The molecule has 212 valence electrons. The highest BCUT2D eigenvalue weighted by atomic mass is 79.9. The van der Waals surface area contributed by atoms with Gasteiger partial charge in [-0.2, -0.15) is 0 Å². The molecule has 4 aliphatic rings. The Kier molecular flexibility index (Phi) is 11.6. The van der Waals surface area contributed by atoms with Gasteiger partial charge in [0.25, 0.3) is 0 Å². The standard InChI is InChI=1S/C33H44N4.2BrH/c1-11-24-18(5)28(34-22(24)9)15-30-20(7)26(13-3)32(36-30)17-33-27(14-4)21(8)31(37-33)16-29-19(6)25(12-2)23(10)35-29;;/h15-16,30-31H,11-14,17H2,1-10H3;2*1H/b28-15-,29-16-;;. The normalized spacial score (nSPS) is 25.1. The molecule has 0 amide bonds. The van der Waals surface area contributed by atoms with Gasteiger partial charge in [0.05, 0.1) is 23.5 Å². The number of allylic oxidation sites excluding steroid dienone is 6. The van der Waals surface area contributed by atoms with Crippen molar-refractivity contribution in [3.8, 4) is 0 Å². The summed E-state index contributed by atoms with van der Waals surface area (Å²) in [7, 11) is 0. The summed E-state index contributed by atoms with van der Waals surface area (Å²) >= 11 is 0. The quantitative estimate of drug-likeness (QED) is 0.249. The van der Waals surface area contributed by atoms with E-state index in [9.17, 15) is 0 Å². The summed E-state index contributed by atoms with van der Waals surface area (Å²) in [6.07, 6.45) is 9.37. The third-order valence-corrected chi connectivity index (χ3v) is 8.63. The molecular formula is C33H46Br2N4. The molecule has 0 spiro atoms. The Balaban J connectivity index is 0.00000267. The van der Waals surface area contributed by atoms with Crippen LogP contribution in [0.5, 0.6) is 0 Å². The largest absolute Gasteiger partial charge is 0.277 e. The summed E-state index contributed by atoms with van der Waals surface area (Å²) in [4.78, 5) is 20.3. The van der Waals surface area contributed by atoms with Crippen LogP contribution in [0.1, 0.15) is 101 Å². The van der Waals surface area contributed by atoms with Crippen molar-refractivity contribution in [1.82, 2.24) is 0 Å². The Labute approximate surface area is 257 Å². The fraction of sp³-hybridized carbons (Fsp3) is 0.515. The first-order valence-electron chi connectivity index (χ1n) is 14.1. The Bertz CT molecular complexity index is 1240. The maximum atomic E-state index is 5.25. The van der Waals surface area contributed by atoms with Crippen LogP contribution in [-0.4, -0.2) is 34.9 Å². The molecule has 2 atom stereocenters. The van der Waals surface area contributed by atoms with Crippen LogP contribution in [0.2, 0.25) is 0 Å². The highest BCUT2D eigenvalue weighted by molar-refractivity contribution is 8.93. The van der Waals surface area contributed by atoms with Crippen molar-refractivity contribution in [3.05, 3.63) is 68.1 Å². The Morgan fingerprint density at radius 3 is 1.15 bits per heavy atom. The predicted octanol–water partition coefficient (Wildman–Crippen LogP) is 9.80. The second-order valence-corrected chi connectivity index (χ2v) is 10.7. The average molecular weight is 659 g/mol. The van der Waals surface area contributed by atoms with E-state index in [1.54, 1.807) is 0 Å². The molecule has 4 aliphatic heterocycles. The molecule has 39 heavy (non-hydrogen) atoms. The number of hydrogen-bond acceptors (Lipinski definition) is 4. The molecule has 0 aromatic rings. The minimum absolute atomic E-state index is 0. The van der Waals surface area contributed by atoms with Gasteiger partial charge in [-0.25, -0.2) is 0 Å². The van der Waals surface area contributed by atoms with E-state index in [2.05, 4.69) is 81.4 Å². The van der Waals surface area contributed by atoms with E-state index in [-0.39, 0.29) is 46.0 Å². The molecule has 0 bridgehead atoms. The van der Waals surface area contributed by atoms with Gasteiger partial charge in [0, 0.05) is 29.3 Å². The zero-order chi connectivity index (χ0) is 27.0. The van der Waals surface area contributed by atoms with E-state index in [1.807, 2.05) is 0 Å². The minimum Gasteiger partial charge on any atom is -0.277 e. The Morgan fingerprint density at radius 1 is 0.538 bits per heavy atom. The van der Waals surface area contributed by atoms with Crippen molar-refractivity contribution in [2.24, 2.45) is 20.0 Å². The van der Waals surface area contributed by atoms with E-state index in [1.165, 1.54) is 56.0 Å². The third kappa shape index (κ3) is 6.22. The van der Waals surface area contributed by atoms with Crippen LogP contribution >= 0.6 is 34.0 Å². The van der Waals surface area contributed by atoms with Gasteiger partial charge in [-0.05, 0) is 124 Å². The SMILES string of the molecule is Br.Br.CCC1=C(C)/C(=C/C2N=C(CC3=NC(/C=C4\N=C(C)C(CC)=C4C)C(C)=C3CC)C(CC)=C2C)N=C1C. The van der Waals surface area contributed by atoms with Crippen LogP contribution in [-0.2, 0) is 0 Å². The fourth-order valence-electron chi connectivity index (χ4n) is 6.43. The lowest BCUT2D eigenvalue weighted by Gasteiger charge is -2.09. The van der Waals surface area contributed by atoms with Crippen LogP contribution in [0.3, 0.4) is 0 Å². The van der Waals surface area contributed by atoms with Gasteiger partial charge in [-0.3, -0.25) is 20.0 Å². The van der Waals surface area contributed by atoms with Gasteiger partial charge in [0.1, 0.15) is 0 Å². The molecule has 2 unspecified atom stereocenters. The lowest BCUT2D eigenvalue weighted by Crippen LogP contribution is -2.10. The summed E-state index contributed by atoms with van der Waals surface area (Å²) in [6.45, 7) is 22.0. The first kappa shape index (κ1) is 33.3. The number of nitrogens with zero attached hydrogens (tertiary/aromatic N) is 4. The Hall–Kier alpha value is -1.92. The molecule has 0 aliphatic carbocycles. The van der Waals surface area contributed by atoms with E-state index in [0.29, 0.717) is 0 Å². The molecular weight excluding hydrogens is 612 g/mol. The van der Waals surface area contributed by atoms with Gasteiger partial charge in [-0.15, -0.1) is 34.0 Å². The minimum atomic E-state index is 0. The van der Waals surface area contributed by atoms with Gasteiger partial charge < -0.3 is 0 Å². The molecule has 0 aromatic heterocycles. The van der Waals surface area contributed by atoms with Crippen molar-refractivity contribution in [1.29, 1.82) is 0 Å². The van der Waals surface area contributed by atoms with Crippen molar-refractivity contribution < 1.29 is 0 Å². The van der Waals surface area contributed by atoms with Gasteiger partial charge in [0.15, 0.2) is 0 Å². The number of halogens is 2. The number of aliphatic imine (C=N–C) groups is 4. The Morgan fingerprint density at radius 2 is 0.872 bits per heavy atom. The highest BCUT2D eigenvalue weighted by Gasteiger charge is 2.30. The van der Waals surface area contributed by atoms with Crippen molar-refractivity contribution in [2.45, 2.75) is 113 Å². The van der Waals surface area contributed by atoms with Crippen LogP contribution in [0.4, 0.5) is 0 Å².